The fourth-order valence-electron chi connectivity index (χ4n) is 2.85. The summed E-state index contributed by atoms with van der Waals surface area (Å²) in [4.78, 5) is 27.6. The highest BCUT2D eigenvalue weighted by molar-refractivity contribution is 5.99. The predicted octanol–water partition coefficient (Wildman–Crippen LogP) is 2.52. The van der Waals surface area contributed by atoms with Gasteiger partial charge in [-0.15, -0.1) is 0 Å². The van der Waals surface area contributed by atoms with E-state index in [9.17, 15) is 9.59 Å². The lowest BCUT2D eigenvalue weighted by molar-refractivity contribution is 0.0948. The number of aromatic nitrogens is 1. The van der Waals surface area contributed by atoms with Gasteiger partial charge in [-0.2, -0.15) is 0 Å². The van der Waals surface area contributed by atoms with Crippen molar-refractivity contribution in [2.24, 2.45) is 0 Å². The molecule has 0 aliphatic heterocycles. The zero-order chi connectivity index (χ0) is 18.5. The molecule has 0 unspecified atom stereocenters. The third-order valence-electron chi connectivity index (χ3n) is 4.17. The summed E-state index contributed by atoms with van der Waals surface area (Å²) in [5, 5.41) is 3.78. The topological polar surface area (TPSA) is 80.4 Å². The summed E-state index contributed by atoms with van der Waals surface area (Å²) in [5.41, 5.74) is 1.61. The van der Waals surface area contributed by atoms with Gasteiger partial charge in [0, 0.05) is 17.6 Å². The molecule has 26 heavy (non-hydrogen) atoms. The molecular formula is C20H20N2O4. The van der Waals surface area contributed by atoms with E-state index in [2.05, 4.69) is 10.3 Å². The number of methoxy groups -OCH3 is 2. The zero-order valence-corrected chi connectivity index (χ0v) is 14.7. The number of benzene rings is 2. The Morgan fingerprint density at radius 3 is 2.42 bits per heavy atom. The summed E-state index contributed by atoms with van der Waals surface area (Å²) in [6.45, 7) is 0.321. The number of amides is 1. The largest absolute Gasteiger partial charge is 0.496 e. The van der Waals surface area contributed by atoms with E-state index in [1.807, 2.05) is 30.3 Å². The van der Waals surface area contributed by atoms with Crippen molar-refractivity contribution in [1.29, 1.82) is 0 Å². The van der Waals surface area contributed by atoms with Gasteiger partial charge in [0.2, 0.25) is 0 Å². The molecule has 0 atom stereocenters. The fraction of sp³-hybridized carbons (Fsp3) is 0.200. The monoisotopic (exact) mass is 352 g/mol. The third kappa shape index (κ3) is 3.54. The van der Waals surface area contributed by atoms with Crippen molar-refractivity contribution in [3.63, 3.8) is 0 Å². The number of aromatic amines is 1. The first-order valence-corrected chi connectivity index (χ1v) is 8.24. The molecule has 1 heterocycles. The summed E-state index contributed by atoms with van der Waals surface area (Å²) >= 11 is 0. The lowest BCUT2D eigenvalue weighted by Gasteiger charge is -2.13. The van der Waals surface area contributed by atoms with Gasteiger partial charge in [-0.1, -0.05) is 24.3 Å². The Hall–Kier alpha value is -3.28. The first kappa shape index (κ1) is 17.5. The van der Waals surface area contributed by atoms with Crippen molar-refractivity contribution in [3.8, 4) is 11.5 Å². The van der Waals surface area contributed by atoms with Crippen LogP contribution in [0.4, 0.5) is 0 Å². The van der Waals surface area contributed by atoms with Crippen LogP contribution in [0.2, 0.25) is 0 Å². The van der Waals surface area contributed by atoms with E-state index in [-0.39, 0.29) is 11.5 Å². The van der Waals surface area contributed by atoms with Gasteiger partial charge in [0.15, 0.2) is 0 Å². The van der Waals surface area contributed by atoms with Crippen molar-refractivity contribution in [3.05, 3.63) is 70.0 Å². The summed E-state index contributed by atoms with van der Waals surface area (Å²) in [6.07, 6.45) is 0.420. The molecule has 134 valence electrons. The molecule has 3 aromatic rings. The molecule has 0 bridgehead atoms. The second-order valence-corrected chi connectivity index (χ2v) is 5.75. The fourth-order valence-corrected chi connectivity index (χ4v) is 2.85. The average molecular weight is 352 g/mol. The van der Waals surface area contributed by atoms with E-state index >= 15 is 0 Å². The molecule has 0 radical (unpaired) electrons. The second kappa shape index (κ2) is 7.74. The number of ether oxygens (including phenoxy) is 2. The van der Waals surface area contributed by atoms with Gasteiger partial charge in [-0.25, -0.2) is 0 Å². The number of para-hydroxylation sites is 1. The number of nitrogens with one attached hydrogen (secondary N) is 2. The van der Waals surface area contributed by atoms with Crippen LogP contribution in [-0.2, 0) is 6.42 Å². The minimum absolute atomic E-state index is 0.146. The molecule has 6 nitrogen and oxygen atoms in total. The second-order valence-electron chi connectivity index (χ2n) is 5.75. The van der Waals surface area contributed by atoms with Crippen LogP contribution in [-0.4, -0.2) is 31.7 Å². The maximum Gasteiger partial charge on any atom is 0.258 e. The third-order valence-corrected chi connectivity index (χ3v) is 4.17. The molecule has 2 aromatic carbocycles. The van der Waals surface area contributed by atoms with Crippen LogP contribution in [0.3, 0.4) is 0 Å². The van der Waals surface area contributed by atoms with Crippen LogP contribution >= 0.6 is 0 Å². The average Bonchev–Trinajstić information content (AvgIpc) is 2.67. The quantitative estimate of drug-likeness (QED) is 0.714. The number of carbonyl (C=O) groups is 1. The van der Waals surface area contributed by atoms with Gasteiger partial charge in [-0.05, 0) is 36.1 Å². The molecule has 0 fully saturated rings. The Bertz CT molecular complexity index is 972. The van der Waals surface area contributed by atoms with Crippen molar-refractivity contribution >= 4 is 16.8 Å². The Morgan fingerprint density at radius 1 is 1.04 bits per heavy atom. The zero-order valence-electron chi connectivity index (χ0n) is 14.7. The lowest BCUT2D eigenvalue weighted by Crippen LogP contribution is -2.28. The first-order valence-electron chi connectivity index (χ1n) is 8.24. The highest BCUT2D eigenvalue weighted by atomic mass is 16.5. The summed E-state index contributed by atoms with van der Waals surface area (Å²) in [7, 11) is 3.00. The van der Waals surface area contributed by atoms with Crippen LogP contribution in [0, 0.1) is 0 Å². The van der Waals surface area contributed by atoms with Crippen molar-refractivity contribution in [1.82, 2.24) is 10.3 Å². The first-order chi connectivity index (χ1) is 12.6. The van der Waals surface area contributed by atoms with Crippen LogP contribution < -0.4 is 20.3 Å². The van der Waals surface area contributed by atoms with Crippen LogP contribution in [0.1, 0.15) is 15.9 Å². The minimum atomic E-state index is -0.309. The van der Waals surface area contributed by atoms with E-state index in [1.54, 1.807) is 18.2 Å². The van der Waals surface area contributed by atoms with Gasteiger partial charge < -0.3 is 19.8 Å². The maximum atomic E-state index is 12.5. The Morgan fingerprint density at radius 2 is 1.73 bits per heavy atom. The lowest BCUT2D eigenvalue weighted by atomic mass is 10.1. The molecule has 2 N–H and O–H groups in total. The van der Waals surface area contributed by atoms with Crippen molar-refractivity contribution in [2.75, 3.05) is 20.8 Å². The predicted molar refractivity (Wildman–Crippen MR) is 100 cm³/mol. The maximum absolute atomic E-state index is 12.5. The van der Waals surface area contributed by atoms with Gasteiger partial charge >= 0.3 is 0 Å². The molecule has 1 aromatic heterocycles. The molecule has 0 saturated heterocycles. The standard InChI is InChI=1S/C20H20N2O4/c1-25-16-8-5-9-17(26-2)18(16)20(24)21-11-10-14-12-13-6-3-4-7-15(13)22-19(14)23/h3-9,12H,10-11H2,1-2H3,(H,21,24)(H,22,23). The molecule has 6 heteroatoms. The summed E-state index contributed by atoms with van der Waals surface area (Å²) in [5.74, 6) is 0.562. The van der Waals surface area contributed by atoms with Gasteiger partial charge in [0.05, 0.1) is 14.2 Å². The molecule has 0 aliphatic rings. The smallest absolute Gasteiger partial charge is 0.258 e. The SMILES string of the molecule is COc1cccc(OC)c1C(=O)NCCc1cc2ccccc2[nH]c1=O. The molecule has 0 saturated carbocycles. The van der Waals surface area contributed by atoms with Gasteiger partial charge in [0.1, 0.15) is 17.1 Å². The van der Waals surface area contributed by atoms with E-state index in [0.717, 1.165) is 10.9 Å². The van der Waals surface area contributed by atoms with E-state index in [0.29, 0.717) is 35.6 Å². The van der Waals surface area contributed by atoms with E-state index in [1.165, 1.54) is 14.2 Å². The molecule has 1 amide bonds. The number of H-pyrrole nitrogens is 1. The van der Waals surface area contributed by atoms with Gasteiger partial charge in [-0.3, -0.25) is 9.59 Å². The molecule has 0 spiro atoms. The number of fused-ring (bicyclic) bond motifs is 1. The number of hydrogen-bond donors (Lipinski definition) is 2. The van der Waals surface area contributed by atoms with Crippen LogP contribution in [0.25, 0.3) is 10.9 Å². The molecular weight excluding hydrogens is 332 g/mol. The Balaban J connectivity index is 1.74. The summed E-state index contributed by atoms with van der Waals surface area (Å²) in [6, 6.07) is 14.6. The normalized spacial score (nSPS) is 10.5. The van der Waals surface area contributed by atoms with Gasteiger partial charge in [0.25, 0.3) is 11.5 Å². The van der Waals surface area contributed by atoms with Crippen LogP contribution in [0.5, 0.6) is 11.5 Å². The summed E-state index contributed by atoms with van der Waals surface area (Å²) < 4.78 is 10.5. The Kier molecular flexibility index (Phi) is 5.22. The van der Waals surface area contributed by atoms with Crippen LogP contribution in [0.15, 0.2) is 53.3 Å². The number of rotatable bonds is 6. The molecule has 3 rings (SSSR count). The van der Waals surface area contributed by atoms with E-state index in [4.69, 9.17) is 9.47 Å². The highest BCUT2D eigenvalue weighted by Gasteiger charge is 2.17. The highest BCUT2D eigenvalue weighted by Crippen LogP contribution is 2.27. The van der Waals surface area contributed by atoms with Crippen molar-refractivity contribution < 1.29 is 14.3 Å². The molecule has 0 aliphatic carbocycles. The Labute approximate surface area is 150 Å². The van der Waals surface area contributed by atoms with Crippen molar-refractivity contribution in [2.45, 2.75) is 6.42 Å². The number of carbonyl (C=O) groups excluding carboxylic acids is 1. The minimum Gasteiger partial charge on any atom is -0.496 e. The number of hydrogen-bond acceptors (Lipinski definition) is 4. The number of pyridine rings is 1. The van der Waals surface area contributed by atoms with E-state index < -0.39 is 0 Å².